The zero-order chi connectivity index (χ0) is 12.0. The predicted molar refractivity (Wildman–Crippen MR) is 51.0 cm³/mol. The highest BCUT2D eigenvalue weighted by Crippen LogP contribution is 2.43. The van der Waals surface area contributed by atoms with E-state index in [9.17, 15) is 19.8 Å². The fraction of sp³-hybridized carbons (Fsp3) is 0.800. The van der Waals surface area contributed by atoms with E-state index in [1.54, 1.807) is 0 Å². The fourth-order valence-corrected chi connectivity index (χ4v) is 2.34. The van der Waals surface area contributed by atoms with E-state index in [2.05, 4.69) is 0 Å². The van der Waals surface area contributed by atoms with Crippen molar-refractivity contribution in [3.8, 4) is 0 Å². The highest BCUT2D eigenvalue weighted by atomic mass is 16.6. The first-order valence-electron chi connectivity index (χ1n) is 4.78. The van der Waals surface area contributed by atoms with Crippen molar-refractivity contribution in [3.63, 3.8) is 0 Å². The molecule has 86 valence electrons. The Balaban J connectivity index is 3.26. The molecule has 0 aromatic carbocycles. The van der Waals surface area contributed by atoms with E-state index in [1.165, 1.54) is 27.7 Å². The minimum Gasteiger partial charge on any atom is -0.378 e. The number of ketones is 2. The normalized spacial score (nSPS) is 45.5. The lowest BCUT2D eigenvalue weighted by Gasteiger charge is -2.29. The van der Waals surface area contributed by atoms with Crippen molar-refractivity contribution in [2.45, 2.75) is 45.2 Å². The fourth-order valence-electron chi connectivity index (χ4n) is 2.34. The van der Waals surface area contributed by atoms with Crippen LogP contribution in [0.25, 0.3) is 0 Å². The van der Waals surface area contributed by atoms with E-state index < -0.39 is 35.0 Å². The van der Waals surface area contributed by atoms with Crippen molar-refractivity contribution in [2.24, 2.45) is 5.92 Å². The number of carbonyl (C=O) groups is 2. The molecule has 0 amide bonds. The number of ether oxygens (including phenoxy) is 1. The summed E-state index contributed by atoms with van der Waals surface area (Å²) in [6.45, 7) is 5.13. The molecule has 0 aromatic heterocycles. The average Bonchev–Trinajstić information content (AvgIpc) is 2.18. The van der Waals surface area contributed by atoms with Gasteiger partial charge < -0.3 is 14.9 Å². The number of hydrogen-bond acceptors (Lipinski definition) is 5. The van der Waals surface area contributed by atoms with Gasteiger partial charge in [-0.1, -0.05) is 0 Å². The number of Topliss-reactive ketones (excluding diaryl/α,β-unsaturated/α-hetero) is 2. The summed E-state index contributed by atoms with van der Waals surface area (Å²) in [5.74, 6) is -4.08. The van der Waals surface area contributed by atoms with Crippen LogP contribution in [0.2, 0.25) is 0 Å². The van der Waals surface area contributed by atoms with Gasteiger partial charge in [0.05, 0.1) is 6.10 Å². The molecule has 0 aliphatic carbocycles. The lowest BCUT2D eigenvalue weighted by Crippen LogP contribution is -2.54. The highest BCUT2D eigenvalue weighted by molar-refractivity contribution is 5.94. The van der Waals surface area contributed by atoms with Gasteiger partial charge in [-0.25, -0.2) is 0 Å². The molecule has 2 N–H and O–H groups in total. The second-order valence-electron chi connectivity index (χ2n) is 4.24. The summed E-state index contributed by atoms with van der Waals surface area (Å²) in [6.07, 6.45) is -0.904. The van der Waals surface area contributed by atoms with Gasteiger partial charge in [-0.15, -0.1) is 0 Å². The molecule has 1 aliphatic heterocycles. The van der Waals surface area contributed by atoms with Crippen LogP contribution in [0.15, 0.2) is 0 Å². The maximum absolute atomic E-state index is 11.4. The van der Waals surface area contributed by atoms with Crippen molar-refractivity contribution in [1.82, 2.24) is 0 Å². The minimum atomic E-state index is -1.94. The zero-order valence-electron chi connectivity index (χ0n) is 9.27. The Hall–Kier alpha value is -0.780. The number of hydrogen-bond donors (Lipinski definition) is 2. The molecule has 0 bridgehead atoms. The van der Waals surface area contributed by atoms with E-state index in [-0.39, 0.29) is 0 Å². The summed E-state index contributed by atoms with van der Waals surface area (Å²) in [7, 11) is 0. The van der Waals surface area contributed by atoms with E-state index in [0.717, 1.165) is 0 Å². The van der Waals surface area contributed by atoms with E-state index >= 15 is 0 Å². The van der Waals surface area contributed by atoms with Crippen molar-refractivity contribution in [1.29, 1.82) is 0 Å². The second-order valence-corrected chi connectivity index (χ2v) is 4.24. The van der Waals surface area contributed by atoms with Crippen molar-refractivity contribution in [2.75, 3.05) is 0 Å². The van der Waals surface area contributed by atoms with Gasteiger partial charge in [-0.05, 0) is 27.7 Å². The molecule has 0 aromatic rings. The Morgan fingerprint density at radius 3 is 2.00 bits per heavy atom. The number of aliphatic hydroxyl groups is 2. The molecule has 5 nitrogen and oxygen atoms in total. The average molecular weight is 216 g/mol. The smallest absolute Gasteiger partial charge is 0.176 e. The summed E-state index contributed by atoms with van der Waals surface area (Å²) >= 11 is 0. The summed E-state index contributed by atoms with van der Waals surface area (Å²) in [5, 5.41) is 20.0. The van der Waals surface area contributed by atoms with Crippen LogP contribution in [0.1, 0.15) is 27.7 Å². The topological polar surface area (TPSA) is 83.8 Å². The zero-order valence-corrected chi connectivity index (χ0v) is 9.27. The standard InChI is InChI=1S/C10H16O5/c1-5(11)8-9(4,13)15-7(3)10(8,14)6(2)12/h7-8,13-14H,1-4H3. The van der Waals surface area contributed by atoms with Crippen molar-refractivity contribution < 1.29 is 24.5 Å². The van der Waals surface area contributed by atoms with Gasteiger partial charge in [0, 0.05) is 0 Å². The summed E-state index contributed by atoms with van der Waals surface area (Å²) in [4.78, 5) is 22.8. The molecule has 1 fully saturated rings. The summed E-state index contributed by atoms with van der Waals surface area (Å²) in [5.41, 5.74) is -1.94. The van der Waals surface area contributed by atoms with Crippen LogP contribution in [-0.4, -0.2) is 39.3 Å². The lowest BCUT2D eigenvalue weighted by molar-refractivity contribution is -0.195. The molecule has 4 atom stereocenters. The quantitative estimate of drug-likeness (QED) is 0.658. The summed E-state index contributed by atoms with van der Waals surface area (Å²) in [6, 6.07) is 0. The molecule has 1 heterocycles. The third kappa shape index (κ3) is 1.60. The molecule has 5 heteroatoms. The Morgan fingerprint density at radius 1 is 1.27 bits per heavy atom. The molecule has 4 unspecified atom stereocenters. The number of carbonyl (C=O) groups excluding carboxylic acids is 2. The van der Waals surface area contributed by atoms with Crippen LogP contribution in [0.3, 0.4) is 0 Å². The molecule has 0 spiro atoms. The third-order valence-electron chi connectivity index (χ3n) is 2.98. The maximum atomic E-state index is 11.4. The first kappa shape index (κ1) is 12.3. The lowest BCUT2D eigenvalue weighted by atomic mass is 9.77. The first-order chi connectivity index (χ1) is 6.64. The summed E-state index contributed by atoms with van der Waals surface area (Å²) < 4.78 is 5.06. The van der Waals surface area contributed by atoms with Gasteiger partial charge in [-0.2, -0.15) is 0 Å². The Bertz CT molecular complexity index is 309. The largest absolute Gasteiger partial charge is 0.378 e. The molecule has 1 rings (SSSR count). The molecule has 1 aliphatic rings. The molecule has 0 radical (unpaired) electrons. The van der Waals surface area contributed by atoms with Gasteiger partial charge >= 0.3 is 0 Å². The predicted octanol–water partition coefficient (Wildman–Crippen LogP) is -0.361. The van der Waals surface area contributed by atoms with Crippen LogP contribution in [0.5, 0.6) is 0 Å². The van der Waals surface area contributed by atoms with Gasteiger partial charge in [0.25, 0.3) is 0 Å². The van der Waals surface area contributed by atoms with Gasteiger partial charge in [0.15, 0.2) is 17.2 Å². The van der Waals surface area contributed by atoms with Crippen molar-refractivity contribution in [3.05, 3.63) is 0 Å². The van der Waals surface area contributed by atoms with Gasteiger partial charge in [-0.3, -0.25) is 9.59 Å². The van der Waals surface area contributed by atoms with Crippen LogP contribution in [0.4, 0.5) is 0 Å². The Kier molecular flexibility index (Phi) is 2.76. The Labute approximate surface area is 88.0 Å². The van der Waals surface area contributed by atoms with E-state index in [1.807, 2.05) is 0 Å². The van der Waals surface area contributed by atoms with Gasteiger partial charge in [0.1, 0.15) is 11.7 Å². The molecular formula is C10H16O5. The molecule has 0 saturated carbocycles. The SMILES string of the molecule is CC(=O)C1C(C)(O)OC(C)C1(O)C(C)=O. The van der Waals surface area contributed by atoms with E-state index in [0.29, 0.717) is 0 Å². The van der Waals surface area contributed by atoms with E-state index in [4.69, 9.17) is 4.74 Å². The van der Waals surface area contributed by atoms with Crippen LogP contribution >= 0.6 is 0 Å². The molecule has 1 saturated heterocycles. The molecular weight excluding hydrogens is 200 g/mol. The van der Waals surface area contributed by atoms with Gasteiger partial charge in [0.2, 0.25) is 0 Å². The van der Waals surface area contributed by atoms with Crippen LogP contribution < -0.4 is 0 Å². The van der Waals surface area contributed by atoms with Crippen molar-refractivity contribution >= 4 is 11.6 Å². The molecule has 15 heavy (non-hydrogen) atoms. The van der Waals surface area contributed by atoms with Crippen LogP contribution in [-0.2, 0) is 14.3 Å². The Morgan fingerprint density at radius 2 is 1.73 bits per heavy atom. The minimum absolute atomic E-state index is 0.470. The second kappa shape index (κ2) is 3.37. The maximum Gasteiger partial charge on any atom is 0.176 e. The monoisotopic (exact) mass is 216 g/mol. The third-order valence-corrected chi connectivity index (χ3v) is 2.98. The first-order valence-corrected chi connectivity index (χ1v) is 4.78. The number of rotatable bonds is 2. The van der Waals surface area contributed by atoms with Crippen LogP contribution in [0, 0.1) is 5.92 Å². The highest BCUT2D eigenvalue weighted by Gasteiger charge is 2.63.